The van der Waals surface area contributed by atoms with Gasteiger partial charge in [0.05, 0.1) is 13.0 Å². The fourth-order valence-electron chi connectivity index (χ4n) is 2.86. The summed E-state index contributed by atoms with van der Waals surface area (Å²) in [4.78, 5) is 10.8. The smallest absolute Gasteiger partial charge is 0.303 e. The van der Waals surface area contributed by atoms with Gasteiger partial charge in [0.25, 0.3) is 0 Å². The first-order chi connectivity index (χ1) is 9.58. The van der Waals surface area contributed by atoms with Crippen LogP contribution in [-0.4, -0.2) is 33.4 Å². The van der Waals surface area contributed by atoms with Gasteiger partial charge in [0, 0.05) is 33.8 Å². The number of carbonyl (C=O) groups is 1. The van der Waals surface area contributed by atoms with E-state index in [4.69, 9.17) is 9.84 Å². The summed E-state index contributed by atoms with van der Waals surface area (Å²) in [5.41, 5.74) is 0.930. The lowest BCUT2D eigenvalue weighted by atomic mass is 10.0. The molecule has 4 nitrogen and oxygen atoms in total. The third-order valence-electron chi connectivity index (χ3n) is 4.14. The summed E-state index contributed by atoms with van der Waals surface area (Å²) in [6, 6.07) is 7.86. The minimum atomic E-state index is -0.984. The normalized spacial score (nSPS) is 23.7. The van der Waals surface area contributed by atoms with Crippen molar-refractivity contribution in [1.82, 2.24) is 0 Å². The summed E-state index contributed by atoms with van der Waals surface area (Å²) in [6.07, 6.45) is 1.93. The summed E-state index contributed by atoms with van der Waals surface area (Å²) in [7, 11) is -0.984. The summed E-state index contributed by atoms with van der Waals surface area (Å²) >= 11 is 0. The molecule has 0 radical (unpaired) electrons. The molecule has 0 amide bonds. The number of aliphatic carboxylic acids is 1. The monoisotopic (exact) mass is 294 g/mol. The number of para-hydroxylation sites is 1. The highest BCUT2D eigenvalue weighted by molar-refractivity contribution is 7.85. The van der Waals surface area contributed by atoms with Crippen LogP contribution in [0.1, 0.15) is 30.7 Å². The number of ether oxygens (including phenoxy) is 1. The fourth-order valence-corrected chi connectivity index (χ4v) is 4.78. The SMILES string of the molecule is O=C(O)CC1(CS(=O)CC2COc3ccccc32)CC1. The summed E-state index contributed by atoms with van der Waals surface area (Å²) < 4.78 is 17.9. The Hall–Kier alpha value is -1.36. The van der Waals surface area contributed by atoms with Gasteiger partial charge < -0.3 is 9.84 Å². The van der Waals surface area contributed by atoms with Crippen LogP contribution in [0.25, 0.3) is 0 Å². The number of carboxylic acid groups (broad SMARTS) is 1. The summed E-state index contributed by atoms with van der Waals surface area (Å²) in [5, 5.41) is 8.90. The number of hydrogen-bond acceptors (Lipinski definition) is 3. The number of rotatable bonds is 6. The van der Waals surface area contributed by atoms with Crippen molar-refractivity contribution in [2.75, 3.05) is 18.1 Å². The highest BCUT2D eigenvalue weighted by Crippen LogP contribution is 2.49. The maximum Gasteiger partial charge on any atom is 0.303 e. The Labute approximate surface area is 120 Å². The molecule has 0 saturated heterocycles. The van der Waals surface area contributed by atoms with E-state index in [-0.39, 0.29) is 17.8 Å². The van der Waals surface area contributed by atoms with Crippen molar-refractivity contribution in [2.45, 2.75) is 25.2 Å². The van der Waals surface area contributed by atoms with E-state index in [9.17, 15) is 9.00 Å². The summed E-state index contributed by atoms with van der Waals surface area (Å²) in [5.74, 6) is 1.36. The molecule has 1 saturated carbocycles. The van der Waals surface area contributed by atoms with Crippen LogP contribution in [0.2, 0.25) is 0 Å². The number of carboxylic acids is 1. The van der Waals surface area contributed by atoms with Crippen molar-refractivity contribution in [2.24, 2.45) is 5.41 Å². The van der Waals surface area contributed by atoms with E-state index in [2.05, 4.69) is 0 Å². The van der Waals surface area contributed by atoms with Gasteiger partial charge in [0.15, 0.2) is 0 Å². The zero-order valence-electron chi connectivity index (χ0n) is 11.2. The van der Waals surface area contributed by atoms with Gasteiger partial charge in [-0.15, -0.1) is 0 Å². The maximum atomic E-state index is 12.3. The lowest BCUT2D eigenvalue weighted by molar-refractivity contribution is -0.138. The Kier molecular flexibility index (Phi) is 3.54. The Balaban J connectivity index is 1.59. The highest BCUT2D eigenvalue weighted by Gasteiger charge is 2.46. The minimum Gasteiger partial charge on any atom is -0.493 e. The van der Waals surface area contributed by atoms with Crippen LogP contribution in [0.5, 0.6) is 5.75 Å². The van der Waals surface area contributed by atoms with Crippen molar-refractivity contribution >= 4 is 16.8 Å². The van der Waals surface area contributed by atoms with Crippen LogP contribution in [-0.2, 0) is 15.6 Å². The molecule has 1 fully saturated rings. The second kappa shape index (κ2) is 5.20. The van der Waals surface area contributed by atoms with Crippen LogP contribution in [0.3, 0.4) is 0 Å². The molecule has 1 heterocycles. The molecule has 20 heavy (non-hydrogen) atoms. The average Bonchev–Trinajstić information content (AvgIpc) is 3.00. The lowest BCUT2D eigenvalue weighted by Gasteiger charge is -2.14. The van der Waals surface area contributed by atoms with Crippen molar-refractivity contribution < 1.29 is 18.8 Å². The largest absolute Gasteiger partial charge is 0.493 e. The van der Waals surface area contributed by atoms with E-state index in [1.165, 1.54) is 0 Å². The predicted octanol–water partition coefficient (Wildman–Crippen LogP) is 2.17. The maximum absolute atomic E-state index is 12.3. The molecule has 1 aromatic rings. The van der Waals surface area contributed by atoms with Crippen LogP contribution in [0, 0.1) is 5.41 Å². The first-order valence-corrected chi connectivity index (χ1v) is 8.35. The number of hydrogen-bond donors (Lipinski definition) is 1. The quantitative estimate of drug-likeness (QED) is 0.873. The molecule has 0 bridgehead atoms. The Bertz CT molecular complexity index is 551. The van der Waals surface area contributed by atoms with Gasteiger partial charge in [0.2, 0.25) is 0 Å². The van der Waals surface area contributed by atoms with E-state index < -0.39 is 16.8 Å². The van der Waals surface area contributed by atoms with Crippen LogP contribution in [0.15, 0.2) is 24.3 Å². The molecular formula is C15H18O4S. The molecule has 2 unspecified atom stereocenters. The number of benzene rings is 1. The molecule has 2 aliphatic rings. The molecule has 0 aromatic heterocycles. The molecule has 1 aliphatic heterocycles. The Morgan fingerprint density at radius 2 is 2.15 bits per heavy atom. The van der Waals surface area contributed by atoms with Crippen molar-refractivity contribution in [3.8, 4) is 5.75 Å². The van der Waals surface area contributed by atoms with Crippen LogP contribution < -0.4 is 4.74 Å². The van der Waals surface area contributed by atoms with E-state index in [0.29, 0.717) is 18.1 Å². The second-order valence-corrected chi connectivity index (χ2v) is 7.37. The van der Waals surface area contributed by atoms with Gasteiger partial charge in [-0.1, -0.05) is 18.2 Å². The molecule has 3 rings (SSSR count). The Morgan fingerprint density at radius 3 is 2.85 bits per heavy atom. The third-order valence-corrected chi connectivity index (χ3v) is 5.84. The highest BCUT2D eigenvalue weighted by atomic mass is 32.2. The third kappa shape index (κ3) is 2.87. The standard InChI is InChI=1S/C15H18O4S/c16-14(17)7-15(5-6-15)10-20(18)9-11-8-19-13-4-2-1-3-12(11)13/h1-4,11H,5-10H2,(H,16,17). The fraction of sp³-hybridized carbons (Fsp3) is 0.533. The molecule has 1 aromatic carbocycles. The Morgan fingerprint density at radius 1 is 1.40 bits per heavy atom. The first kappa shape index (κ1) is 13.6. The topological polar surface area (TPSA) is 63.6 Å². The first-order valence-electron chi connectivity index (χ1n) is 6.86. The van der Waals surface area contributed by atoms with Crippen LogP contribution in [0.4, 0.5) is 0 Å². The van der Waals surface area contributed by atoms with Crippen LogP contribution >= 0.6 is 0 Å². The molecule has 5 heteroatoms. The van der Waals surface area contributed by atoms with Gasteiger partial charge in [-0.05, 0) is 24.3 Å². The molecule has 108 valence electrons. The average molecular weight is 294 g/mol. The van der Waals surface area contributed by atoms with Gasteiger partial charge in [-0.25, -0.2) is 0 Å². The predicted molar refractivity (Wildman–Crippen MR) is 76.5 cm³/mol. The van der Waals surface area contributed by atoms with E-state index in [1.807, 2.05) is 24.3 Å². The molecule has 2 atom stereocenters. The second-order valence-electron chi connectivity index (χ2n) is 5.87. The molecule has 1 N–H and O–H groups in total. The van der Waals surface area contributed by atoms with E-state index >= 15 is 0 Å². The van der Waals surface area contributed by atoms with Gasteiger partial charge in [0.1, 0.15) is 5.75 Å². The summed E-state index contributed by atoms with van der Waals surface area (Å²) in [6.45, 7) is 0.580. The zero-order valence-corrected chi connectivity index (χ0v) is 12.0. The lowest BCUT2D eigenvalue weighted by Crippen LogP contribution is -2.21. The van der Waals surface area contributed by atoms with Gasteiger partial charge in [-0.2, -0.15) is 0 Å². The van der Waals surface area contributed by atoms with E-state index in [1.54, 1.807) is 0 Å². The van der Waals surface area contributed by atoms with Gasteiger partial charge in [-0.3, -0.25) is 9.00 Å². The van der Waals surface area contributed by atoms with Crippen molar-refractivity contribution in [3.05, 3.63) is 29.8 Å². The molecular weight excluding hydrogens is 276 g/mol. The van der Waals surface area contributed by atoms with Crippen molar-refractivity contribution in [3.63, 3.8) is 0 Å². The zero-order chi connectivity index (χ0) is 14.2. The molecule has 1 aliphatic carbocycles. The molecule has 0 spiro atoms. The van der Waals surface area contributed by atoms with Crippen molar-refractivity contribution in [1.29, 1.82) is 0 Å². The minimum absolute atomic E-state index is 0.149. The van der Waals surface area contributed by atoms with E-state index in [0.717, 1.165) is 24.2 Å². The number of fused-ring (bicyclic) bond motifs is 1. The van der Waals surface area contributed by atoms with Gasteiger partial charge >= 0.3 is 5.97 Å².